The van der Waals surface area contributed by atoms with Crippen LogP contribution in [0.15, 0.2) is 30.3 Å². The molecule has 0 N–H and O–H groups in total. The lowest BCUT2D eigenvalue weighted by Gasteiger charge is -2.21. The quantitative estimate of drug-likeness (QED) is 0.679. The zero-order valence-electron chi connectivity index (χ0n) is 11.8. The van der Waals surface area contributed by atoms with Crippen LogP contribution in [0.25, 0.3) is 0 Å². The second kappa shape index (κ2) is 8.67. The summed E-state index contributed by atoms with van der Waals surface area (Å²) in [5.41, 5.74) is 0.796. The van der Waals surface area contributed by atoms with Gasteiger partial charge in [0.1, 0.15) is 0 Å². The smallest absolute Gasteiger partial charge is 0.339 e. The maximum Gasteiger partial charge on any atom is 0.339 e. The van der Waals surface area contributed by atoms with Crippen molar-refractivity contribution in [3.05, 3.63) is 35.9 Å². The fourth-order valence-corrected chi connectivity index (χ4v) is 1.67. The number of esters is 1. The van der Waals surface area contributed by atoms with Crippen molar-refractivity contribution in [1.29, 1.82) is 0 Å². The highest BCUT2D eigenvalue weighted by Crippen LogP contribution is 2.21. The Bertz CT molecular complexity index is 364. The summed E-state index contributed by atoms with van der Waals surface area (Å²) < 4.78 is 16.1. The van der Waals surface area contributed by atoms with Crippen LogP contribution in [0.4, 0.5) is 0 Å². The van der Waals surface area contributed by atoms with Crippen molar-refractivity contribution in [1.82, 2.24) is 0 Å². The summed E-state index contributed by atoms with van der Waals surface area (Å²) in [6, 6.07) is 9.36. The molecule has 0 radical (unpaired) electrons. The lowest BCUT2D eigenvalue weighted by Crippen LogP contribution is -2.26. The zero-order chi connectivity index (χ0) is 14.1. The van der Waals surface area contributed by atoms with Gasteiger partial charge < -0.3 is 14.2 Å². The standard InChI is InChI=1S/C15H22O4/c1-4-17-11-12(3)19-14(15(16)18-5-2)13-9-7-6-8-10-13/h6-10,12,14H,4-5,11H2,1-3H3. The SMILES string of the molecule is CCOCC(C)OC(C(=O)OCC)c1ccccc1. The van der Waals surface area contributed by atoms with Crippen LogP contribution in [-0.4, -0.2) is 31.9 Å². The molecule has 4 heteroatoms. The number of hydrogen-bond acceptors (Lipinski definition) is 4. The third-order valence-electron chi connectivity index (χ3n) is 2.53. The van der Waals surface area contributed by atoms with Gasteiger partial charge in [-0.15, -0.1) is 0 Å². The lowest BCUT2D eigenvalue weighted by atomic mass is 10.1. The van der Waals surface area contributed by atoms with Gasteiger partial charge in [-0.2, -0.15) is 0 Å². The monoisotopic (exact) mass is 266 g/mol. The number of rotatable bonds is 8. The fraction of sp³-hybridized carbons (Fsp3) is 0.533. The van der Waals surface area contributed by atoms with Gasteiger partial charge in [0.25, 0.3) is 0 Å². The van der Waals surface area contributed by atoms with Gasteiger partial charge in [0.05, 0.1) is 19.3 Å². The Hall–Kier alpha value is -1.39. The first-order chi connectivity index (χ1) is 9.19. The molecule has 19 heavy (non-hydrogen) atoms. The molecule has 1 aromatic rings. The first-order valence-corrected chi connectivity index (χ1v) is 6.63. The van der Waals surface area contributed by atoms with E-state index in [0.717, 1.165) is 5.56 Å². The van der Waals surface area contributed by atoms with Gasteiger partial charge in [0, 0.05) is 6.61 Å². The Morgan fingerprint density at radius 1 is 1.16 bits per heavy atom. The van der Waals surface area contributed by atoms with Gasteiger partial charge in [0.2, 0.25) is 0 Å². The molecule has 0 aliphatic heterocycles. The molecule has 0 bridgehead atoms. The number of carbonyl (C=O) groups is 1. The van der Waals surface area contributed by atoms with E-state index in [1.807, 2.05) is 44.2 Å². The summed E-state index contributed by atoms with van der Waals surface area (Å²) in [6.45, 7) is 7.01. The summed E-state index contributed by atoms with van der Waals surface area (Å²) in [5, 5.41) is 0. The highest BCUT2D eigenvalue weighted by molar-refractivity contribution is 5.76. The maximum absolute atomic E-state index is 12.0. The summed E-state index contributed by atoms with van der Waals surface area (Å²) in [7, 11) is 0. The van der Waals surface area contributed by atoms with Crippen molar-refractivity contribution < 1.29 is 19.0 Å². The van der Waals surface area contributed by atoms with Crippen molar-refractivity contribution in [3.63, 3.8) is 0 Å². The summed E-state index contributed by atoms with van der Waals surface area (Å²) in [5.74, 6) is -0.364. The van der Waals surface area contributed by atoms with E-state index in [9.17, 15) is 4.79 Å². The van der Waals surface area contributed by atoms with Crippen molar-refractivity contribution in [3.8, 4) is 0 Å². The highest BCUT2D eigenvalue weighted by Gasteiger charge is 2.24. The van der Waals surface area contributed by atoms with Gasteiger partial charge >= 0.3 is 5.97 Å². The van der Waals surface area contributed by atoms with Crippen LogP contribution < -0.4 is 0 Å². The van der Waals surface area contributed by atoms with Crippen LogP contribution in [0.1, 0.15) is 32.4 Å². The minimum Gasteiger partial charge on any atom is -0.464 e. The molecule has 0 amide bonds. The van der Waals surface area contributed by atoms with E-state index in [1.54, 1.807) is 6.92 Å². The predicted molar refractivity (Wildman–Crippen MR) is 72.9 cm³/mol. The molecular weight excluding hydrogens is 244 g/mol. The Kier molecular flexibility index (Phi) is 7.15. The van der Waals surface area contributed by atoms with Gasteiger partial charge in [-0.05, 0) is 26.3 Å². The van der Waals surface area contributed by atoms with Crippen molar-refractivity contribution >= 4 is 5.97 Å². The topological polar surface area (TPSA) is 44.8 Å². The molecule has 1 rings (SSSR count). The molecule has 4 nitrogen and oxygen atoms in total. The molecule has 2 atom stereocenters. The Labute approximate surface area is 114 Å². The molecule has 0 saturated heterocycles. The molecule has 0 fully saturated rings. The van der Waals surface area contributed by atoms with Crippen molar-refractivity contribution in [2.75, 3.05) is 19.8 Å². The molecule has 1 aromatic carbocycles. The van der Waals surface area contributed by atoms with E-state index < -0.39 is 6.10 Å². The molecule has 0 saturated carbocycles. The van der Waals surface area contributed by atoms with Crippen molar-refractivity contribution in [2.24, 2.45) is 0 Å². The minimum atomic E-state index is -0.698. The average molecular weight is 266 g/mol. The van der Waals surface area contributed by atoms with Crippen LogP contribution in [0.2, 0.25) is 0 Å². The third kappa shape index (κ3) is 5.41. The first-order valence-electron chi connectivity index (χ1n) is 6.63. The Balaban J connectivity index is 2.73. The van der Waals surface area contributed by atoms with E-state index in [-0.39, 0.29) is 12.1 Å². The molecule has 106 valence electrons. The predicted octanol–water partition coefficient (Wildman–Crippen LogP) is 2.73. The number of benzene rings is 1. The summed E-state index contributed by atoms with van der Waals surface area (Å²) in [6.07, 6.45) is -0.869. The molecule has 0 aliphatic rings. The number of ether oxygens (including phenoxy) is 3. The van der Waals surface area contributed by atoms with Crippen LogP contribution >= 0.6 is 0 Å². The molecule has 0 aliphatic carbocycles. The normalized spacial score (nSPS) is 13.8. The second-order valence-electron chi connectivity index (χ2n) is 4.15. The fourth-order valence-electron chi connectivity index (χ4n) is 1.67. The Morgan fingerprint density at radius 3 is 2.42 bits per heavy atom. The first kappa shape index (κ1) is 15.7. The average Bonchev–Trinajstić information content (AvgIpc) is 2.43. The third-order valence-corrected chi connectivity index (χ3v) is 2.53. The molecule has 0 heterocycles. The highest BCUT2D eigenvalue weighted by atomic mass is 16.6. The Morgan fingerprint density at radius 2 is 1.84 bits per heavy atom. The van der Waals surface area contributed by atoms with Gasteiger partial charge in [-0.1, -0.05) is 30.3 Å². The van der Waals surface area contributed by atoms with Crippen LogP contribution in [-0.2, 0) is 19.0 Å². The van der Waals surface area contributed by atoms with E-state index in [4.69, 9.17) is 14.2 Å². The van der Waals surface area contributed by atoms with E-state index >= 15 is 0 Å². The zero-order valence-corrected chi connectivity index (χ0v) is 11.8. The van der Waals surface area contributed by atoms with Gasteiger partial charge in [-0.3, -0.25) is 0 Å². The minimum absolute atomic E-state index is 0.172. The lowest BCUT2D eigenvalue weighted by molar-refractivity contribution is -0.162. The van der Waals surface area contributed by atoms with Crippen LogP contribution in [0.5, 0.6) is 0 Å². The summed E-state index contributed by atoms with van der Waals surface area (Å²) >= 11 is 0. The maximum atomic E-state index is 12.0. The number of carbonyl (C=O) groups excluding carboxylic acids is 1. The van der Waals surface area contributed by atoms with E-state index in [2.05, 4.69) is 0 Å². The molecular formula is C15H22O4. The van der Waals surface area contributed by atoms with Gasteiger partial charge in [-0.25, -0.2) is 4.79 Å². The van der Waals surface area contributed by atoms with E-state index in [1.165, 1.54) is 0 Å². The molecule has 0 spiro atoms. The largest absolute Gasteiger partial charge is 0.464 e. The summed E-state index contributed by atoms with van der Waals surface area (Å²) in [4.78, 5) is 12.0. The van der Waals surface area contributed by atoms with Crippen LogP contribution in [0.3, 0.4) is 0 Å². The number of hydrogen-bond donors (Lipinski definition) is 0. The van der Waals surface area contributed by atoms with Crippen molar-refractivity contribution in [2.45, 2.75) is 33.0 Å². The molecule has 0 aromatic heterocycles. The second-order valence-corrected chi connectivity index (χ2v) is 4.15. The van der Waals surface area contributed by atoms with Crippen LogP contribution in [0, 0.1) is 0 Å². The molecule has 2 unspecified atom stereocenters. The van der Waals surface area contributed by atoms with E-state index in [0.29, 0.717) is 19.8 Å². The van der Waals surface area contributed by atoms with Gasteiger partial charge in [0.15, 0.2) is 6.10 Å².